The van der Waals surface area contributed by atoms with Crippen LogP contribution in [-0.4, -0.2) is 61.5 Å². The zero-order valence-electron chi connectivity index (χ0n) is 16.1. The van der Waals surface area contributed by atoms with Crippen LogP contribution in [0.3, 0.4) is 0 Å². The first-order valence-corrected chi connectivity index (χ1v) is 9.48. The van der Waals surface area contributed by atoms with Crippen molar-refractivity contribution in [3.8, 4) is 11.5 Å². The van der Waals surface area contributed by atoms with Gasteiger partial charge in [-0.1, -0.05) is 0 Å². The van der Waals surface area contributed by atoms with E-state index in [1.807, 2.05) is 4.90 Å². The number of nitrogens with zero attached hydrogens (tertiary/aromatic N) is 3. The van der Waals surface area contributed by atoms with Gasteiger partial charge in [0.15, 0.2) is 11.5 Å². The number of ether oxygens (including phenoxy) is 3. The Bertz CT molecular complexity index is 911. The molecule has 3 heterocycles. The highest BCUT2D eigenvalue weighted by atomic mass is 16.7. The van der Waals surface area contributed by atoms with Gasteiger partial charge in [-0.25, -0.2) is 9.78 Å². The van der Waals surface area contributed by atoms with Crippen LogP contribution in [0.5, 0.6) is 11.5 Å². The number of fused-ring (bicyclic) bond motifs is 1. The Labute approximate surface area is 168 Å². The van der Waals surface area contributed by atoms with Crippen molar-refractivity contribution in [3.63, 3.8) is 0 Å². The number of carbonyl (C=O) groups is 2. The van der Waals surface area contributed by atoms with Crippen molar-refractivity contribution >= 4 is 23.5 Å². The minimum absolute atomic E-state index is 0.184. The number of hydrogen-bond donors (Lipinski definition) is 1. The van der Waals surface area contributed by atoms with E-state index in [2.05, 4.69) is 10.3 Å². The van der Waals surface area contributed by atoms with Gasteiger partial charge in [0.1, 0.15) is 5.82 Å². The molecular formula is C20H22N4O5. The van der Waals surface area contributed by atoms with Crippen LogP contribution in [0, 0.1) is 0 Å². The summed E-state index contributed by atoms with van der Waals surface area (Å²) in [5.41, 5.74) is 1.13. The lowest BCUT2D eigenvalue weighted by Gasteiger charge is -2.34. The first-order valence-electron chi connectivity index (χ1n) is 9.48. The van der Waals surface area contributed by atoms with E-state index in [1.54, 1.807) is 48.4 Å². The average Bonchev–Trinajstić information content (AvgIpc) is 3.22. The molecule has 9 heteroatoms. The summed E-state index contributed by atoms with van der Waals surface area (Å²) in [4.78, 5) is 32.6. The third-order valence-corrected chi connectivity index (χ3v) is 4.77. The van der Waals surface area contributed by atoms with Gasteiger partial charge in [0.25, 0.3) is 5.91 Å². The van der Waals surface area contributed by atoms with Crippen LogP contribution in [0.2, 0.25) is 0 Å². The van der Waals surface area contributed by atoms with Crippen LogP contribution >= 0.6 is 0 Å². The average molecular weight is 398 g/mol. The van der Waals surface area contributed by atoms with Crippen molar-refractivity contribution in [1.29, 1.82) is 0 Å². The standard InChI is InChI=1S/C20H22N4O5/c1-2-27-20(26)24-9-7-23(8-10-24)18-11-14(5-6-21-18)19(25)22-15-3-4-16-17(12-15)29-13-28-16/h3-6,11-12H,2,7-10,13H2,1H3,(H,22,25). The number of amides is 2. The predicted molar refractivity (Wildman–Crippen MR) is 106 cm³/mol. The molecule has 0 bridgehead atoms. The summed E-state index contributed by atoms with van der Waals surface area (Å²) in [5, 5.41) is 2.86. The summed E-state index contributed by atoms with van der Waals surface area (Å²) < 4.78 is 15.7. The van der Waals surface area contributed by atoms with E-state index in [9.17, 15) is 9.59 Å². The van der Waals surface area contributed by atoms with Gasteiger partial charge in [-0.15, -0.1) is 0 Å². The largest absolute Gasteiger partial charge is 0.454 e. The molecule has 4 rings (SSSR count). The number of anilines is 2. The van der Waals surface area contributed by atoms with Crippen molar-refractivity contribution in [3.05, 3.63) is 42.1 Å². The number of rotatable bonds is 4. The molecule has 0 atom stereocenters. The van der Waals surface area contributed by atoms with Gasteiger partial charge in [-0.3, -0.25) is 4.79 Å². The van der Waals surface area contributed by atoms with E-state index in [0.717, 1.165) is 0 Å². The van der Waals surface area contributed by atoms with Crippen LogP contribution in [0.4, 0.5) is 16.3 Å². The van der Waals surface area contributed by atoms with Crippen LogP contribution in [0.15, 0.2) is 36.5 Å². The van der Waals surface area contributed by atoms with E-state index in [1.165, 1.54) is 0 Å². The van der Waals surface area contributed by atoms with Crippen LogP contribution < -0.4 is 19.7 Å². The Hall–Kier alpha value is -3.49. The third-order valence-electron chi connectivity index (χ3n) is 4.77. The summed E-state index contributed by atoms with van der Waals surface area (Å²) in [6.45, 7) is 4.68. The number of pyridine rings is 1. The normalized spacial score (nSPS) is 15.2. The van der Waals surface area contributed by atoms with Crippen molar-refractivity contribution in [2.75, 3.05) is 49.8 Å². The molecule has 0 unspecified atom stereocenters. The summed E-state index contributed by atoms with van der Waals surface area (Å²) in [6.07, 6.45) is 1.32. The molecule has 0 radical (unpaired) electrons. The summed E-state index contributed by atoms with van der Waals surface area (Å²) in [7, 11) is 0. The highest BCUT2D eigenvalue weighted by molar-refractivity contribution is 6.04. The lowest BCUT2D eigenvalue weighted by molar-refractivity contribution is 0.102. The highest BCUT2D eigenvalue weighted by Crippen LogP contribution is 2.34. The molecule has 2 aliphatic heterocycles. The molecule has 152 valence electrons. The number of aromatic nitrogens is 1. The van der Waals surface area contributed by atoms with E-state index in [0.29, 0.717) is 61.4 Å². The summed E-state index contributed by atoms with van der Waals surface area (Å²) in [5.74, 6) is 1.73. The fourth-order valence-corrected chi connectivity index (χ4v) is 3.24. The van der Waals surface area contributed by atoms with E-state index < -0.39 is 0 Å². The number of carbonyl (C=O) groups excluding carboxylic acids is 2. The Morgan fingerprint density at radius 1 is 1.10 bits per heavy atom. The van der Waals surface area contributed by atoms with Crippen molar-refractivity contribution in [2.45, 2.75) is 6.92 Å². The lowest BCUT2D eigenvalue weighted by Crippen LogP contribution is -2.49. The van der Waals surface area contributed by atoms with Gasteiger partial charge >= 0.3 is 6.09 Å². The van der Waals surface area contributed by atoms with E-state index in [4.69, 9.17) is 14.2 Å². The maximum absolute atomic E-state index is 12.7. The van der Waals surface area contributed by atoms with Crippen LogP contribution in [0.1, 0.15) is 17.3 Å². The fraction of sp³-hybridized carbons (Fsp3) is 0.350. The van der Waals surface area contributed by atoms with Gasteiger partial charge in [-0.2, -0.15) is 0 Å². The second-order valence-electron chi connectivity index (χ2n) is 6.60. The summed E-state index contributed by atoms with van der Waals surface area (Å²) in [6, 6.07) is 8.68. The zero-order chi connectivity index (χ0) is 20.2. The molecule has 1 fully saturated rings. The maximum Gasteiger partial charge on any atom is 0.409 e. The summed E-state index contributed by atoms with van der Waals surface area (Å²) >= 11 is 0. The molecule has 1 aromatic heterocycles. The van der Waals surface area contributed by atoms with E-state index in [-0.39, 0.29) is 18.8 Å². The monoisotopic (exact) mass is 398 g/mol. The minimum atomic E-state index is -0.294. The molecule has 1 aromatic carbocycles. The van der Waals surface area contributed by atoms with Gasteiger partial charge in [0.05, 0.1) is 6.61 Å². The molecule has 1 saturated heterocycles. The molecular weight excluding hydrogens is 376 g/mol. The van der Waals surface area contributed by atoms with Gasteiger partial charge in [-0.05, 0) is 31.2 Å². The molecule has 0 spiro atoms. The van der Waals surface area contributed by atoms with Crippen LogP contribution in [0.25, 0.3) is 0 Å². The van der Waals surface area contributed by atoms with Crippen molar-refractivity contribution in [2.24, 2.45) is 0 Å². The number of benzene rings is 1. The molecule has 0 saturated carbocycles. The molecule has 29 heavy (non-hydrogen) atoms. The smallest absolute Gasteiger partial charge is 0.409 e. The molecule has 2 aliphatic rings. The van der Waals surface area contributed by atoms with E-state index >= 15 is 0 Å². The highest BCUT2D eigenvalue weighted by Gasteiger charge is 2.23. The molecule has 9 nitrogen and oxygen atoms in total. The number of piperazine rings is 1. The Balaban J connectivity index is 1.40. The Morgan fingerprint density at radius 2 is 1.90 bits per heavy atom. The SMILES string of the molecule is CCOC(=O)N1CCN(c2cc(C(=O)Nc3ccc4c(c3)OCO4)ccn2)CC1. The molecule has 0 aliphatic carbocycles. The number of hydrogen-bond acceptors (Lipinski definition) is 7. The van der Waals surface area contributed by atoms with Gasteiger partial charge in [0, 0.05) is 49.7 Å². The van der Waals surface area contributed by atoms with Crippen molar-refractivity contribution in [1.82, 2.24) is 9.88 Å². The van der Waals surface area contributed by atoms with Gasteiger partial charge < -0.3 is 29.3 Å². The topological polar surface area (TPSA) is 93.2 Å². The first-order chi connectivity index (χ1) is 14.1. The first kappa shape index (κ1) is 18.9. The fourth-order valence-electron chi connectivity index (χ4n) is 3.24. The quantitative estimate of drug-likeness (QED) is 0.845. The zero-order valence-corrected chi connectivity index (χ0v) is 16.1. The van der Waals surface area contributed by atoms with Crippen LogP contribution in [-0.2, 0) is 4.74 Å². The molecule has 2 amide bonds. The van der Waals surface area contributed by atoms with Crippen molar-refractivity contribution < 1.29 is 23.8 Å². The van der Waals surface area contributed by atoms with Gasteiger partial charge in [0.2, 0.25) is 6.79 Å². The molecule has 1 N–H and O–H groups in total. The molecule has 2 aromatic rings. The second kappa shape index (κ2) is 8.26. The Kier molecular flexibility index (Phi) is 5.37. The lowest BCUT2D eigenvalue weighted by atomic mass is 10.2. The minimum Gasteiger partial charge on any atom is -0.454 e. The number of nitrogens with one attached hydrogen (secondary N) is 1. The third kappa shape index (κ3) is 4.18. The maximum atomic E-state index is 12.7. The Morgan fingerprint density at radius 3 is 2.69 bits per heavy atom. The predicted octanol–water partition coefficient (Wildman–Crippen LogP) is 2.34. The second-order valence-corrected chi connectivity index (χ2v) is 6.60.